The number of anilines is 1. The summed E-state index contributed by atoms with van der Waals surface area (Å²) < 4.78 is 32.6. The molecule has 0 aromatic carbocycles. The third-order valence-electron chi connectivity index (χ3n) is 3.61. The van der Waals surface area contributed by atoms with Gasteiger partial charge in [-0.3, -0.25) is 14.1 Å². The lowest BCUT2D eigenvalue weighted by molar-refractivity contribution is 0.0919. The second-order valence-corrected chi connectivity index (χ2v) is 8.73. The molecule has 1 aliphatic heterocycles. The molecule has 0 fully saturated rings. The van der Waals surface area contributed by atoms with Crippen LogP contribution in [0.5, 0.6) is 5.88 Å². The van der Waals surface area contributed by atoms with E-state index in [1.165, 1.54) is 35.0 Å². The van der Waals surface area contributed by atoms with E-state index in [1.54, 1.807) is 6.07 Å². The molecule has 0 atom stereocenters. The summed E-state index contributed by atoms with van der Waals surface area (Å²) >= 11 is 0. The maximum Gasteiger partial charge on any atom is 0.266 e. The minimum Gasteiger partial charge on any atom is -0.474 e. The lowest BCUT2D eigenvalue weighted by Gasteiger charge is -2.30. The Morgan fingerprint density at radius 3 is 2.73 bits per heavy atom. The lowest BCUT2D eigenvalue weighted by atomic mass is 10.1. The van der Waals surface area contributed by atoms with E-state index in [9.17, 15) is 13.2 Å². The number of pyridine rings is 2. The number of rotatable bonds is 3. The molecule has 0 aliphatic carbocycles. The van der Waals surface area contributed by atoms with Crippen LogP contribution in [-0.2, 0) is 10.0 Å². The van der Waals surface area contributed by atoms with E-state index in [0.717, 1.165) is 0 Å². The van der Waals surface area contributed by atoms with Gasteiger partial charge in [-0.05, 0) is 39.0 Å². The summed E-state index contributed by atoms with van der Waals surface area (Å²) in [7, 11) is -3.83. The van der Waals surface area contributed by atoms with Gasteiger partial charge in [0.15, 0.2) is 0 Å². The molecule has 0 saturated carbocycles. The Morgan fingerprint density at radius 1 is 1.31 bits per heavy atom. The topological polar surface area (TPSA) is 101 Å². The predicted molar refractivity (Wildman–Crippen MR) is 95.7 cm³/mol. The highest BCUT2D eigenvalue weighted by atomic mass is 32.2. The molecule has 3 rings (SSSR count). The quantitative estimate of drug-likeness (QED) is 0.873. The highest BCUT2D eigenvalue weighted by Crippen LogP contribution is 2.34. The van der Waals surface area contributed by atoms with E-state index >= 15 is 0 Å². The van der Waals surface area contributed by atoms with E-state index in [0.29, 0.717) is 0 Å². The van der Waals surface area contributed by atoms with Crippen LogP contribution < -0.4 is 14.4 Å². The summed E-state index contributed by atoms with van der Waals surface area (Å²) in [5, 5.41) is 2.83. The van der Waals surface area contributed by atoms with Crippen LogP contribution in [0.15, 0.2) is 41.7 Å². The molecule has 2 aromatic heterocycles. The van der Waals surface area contributed by atoms with Crippen LogP contribution in [-0.4, -0.2) is 43.0 Å². The molecule has 8 nitrogen and oxygen atoms in total. The number of nitrogens with one attached hydrogen (secondary N) is 1. The Balaban J connectivity index is 2.01. The smallest absolute Gasteiger partial charge is 0.266 e. The molecule has 1 amide bonds. The maximum atomic E-state index is 13.0. The summed E-state index contributed by atoms with van der Waals surface area (Å²) in [6.07, 6.45) is 4.16. The van der Waals surface area contributed by atoms with Gasteiger partial charge in [-0.15, -0.1) is 0 Å². The Bertz CT molecular complexity index is 924. The number of carbonyl (C=O) groups is 1. The zero-order valence-electron chi connectivity index (χ0n) is 14.8. The molecule has 0 spiro atoms. The molecule has 26 heavy (non-hydrogen) atoms. The molecule has 0 bridgehead atoms. The normalized spacial score (nSPS) is 14.3. The lowest BCUT2D eigenvalue weighted by Crippen LogP contribution is -2.41. The Kier molecular flexibility index (Phi) is 4.57. The second kappa shape index (κ2) is 6.56. The average Bonchev–Trinajstić information content (AvgIpc) is 2.60. The number of ether oxygens (including phenoxy) is 1. The minimum absolute atomic E-state index is 0.0670. The molecule has 1 aliphatic rings. The molecule has 9 heteroatoms. The van der Waals surface area contributed by atoms with Gasteiger partial charge in [0.1, 0.15) is 17.2 Å². The number of hydrogen-bond donors (Lipinski definition) is 1. The largest absolute Gasteiger partial charge is 0.474 e. The molecule has 1 N–H and O–H groups in total. The average molecular weight is 376 g/mol. The zero-order valence-corrected chi connectivity index (χ0v) is 15.6. The Labute approximate surface area is 152 Å². The first-order valence-electron chi connectivity index (χ1n) is 8.07. The fourth-order valence-electron chi connectivity index (χ4n) is 2.49. The number of nitrogens with zero attached hydrogens (tertiary/aromatic N) is 3. The van der Waals surface area contributed by atoms with Crippen LogP contribution in [0.4, 0.5) is 5.69 Å². The summed E-state index contributed by atoms with van der Waals surface area (Å²) in [6, 6.07) is 4.51. The van der Waals surface area contributed by atoms with Gasteiger partial charge in [0.05, 0.1) is 12.1 Å². The van der Waals surface area contributed by atoms with Crippen molar-refractivity contribution in [3.63, 3.8) is 0 Å². The highest BCUT2D eigenvalue weighted by Gasteiger charge is 2.32. The minimum atomic E-state index is -3.83. The Hall–Kier alpha value is -2.68. The van der Waals surface area contributed by atoms with Crippen LogP contribution in [0, 0.1) is 0 Å². The van der Waals surface area contributed by atoms with Crippen LogP contribution in [0.1, 0.15) is 31.1 Å². The number of amides is 1. The molecular formula is C17H20N4O4S. The van der Waals surface area contributed by atoms with E-state index in [4.69, 9.17) is 4.74 Å². The molecule has 138 valence electrons. The van der Waals surface area contributed by atoms with Gasteiger partial charge in [0.25, 0.3) is 15.9 Å². The maximum absolute atomic E-state index is 13.0. The van der Waals surface area contributed by atoms with Gasteiger partial charge in [-0.2, -0.15) is 0 Å². The van der Waals surface area contributed by atoms with E-state index < -0.39 is 15.6 Å². The van der Waals surface area contributed by atoms with Gasteiger partial charge in [0.2, 0.25) is 5.88 Å². The SMILES string of the molecule is CC(C)(C)NC(=O)c1cnc2c(c1)N(S(=O)(=O)c1cccnc1)CCO2. The fraction of sp³-hybridized carbons (Fsp3) is 0.353. The van der Waals surface area contributed by atoms with Gasteiger partial charge in [-0.1, -0.05) is 0 Å². The molecule has 3 heterocycles. The standard InChI is InChI=1S/C17H20N4O4S/c1-17(2,3)20-15(22)12-9-14-16(19-10-12)25-8-7-21(14)26(23,24)13-5-4-6-18-11-13/h4-6,9-11H,7-8H2,1-3H3,(H,20,22). The molecule has 0 radical (unpaired) electrons. The first-order chi connectivity index (χ1) is 12.2. The summed E-state index contributed by atoms with van der Waals surface area (Å²) in [5.41, 5.74) is 0.0718. The van der Waals surface area contributed by atoms with Crippen molar-refractivity contribution in [1.29, 1.82) is 0 Å². The van der Waals surface area contributed by atoms with Crippen molar-refractivity contribution in [3.8, 4) is 5.88 Å². The van der Waals surface area contributed by atoms with Gasteiger partial charge in [-0.25, -0.2) is 13.4 Å². The Morgan fingerprint density at radius 2 is 2.08 bits per heavy atom. The molecular weight excluding hydrogens is 356 g/mol. The number of carbonyl (C=O) groups excluding carboxylic acids is 1. The molecule has 2 aromatic rings. The van der Waals surface area contributed by atoms with Gasteiger partial charge >= 0.3 is 0 Å². The molecule has 0 unspecified atom stereocenters. The summed E-state index contributed by atoms with van der Waals surface area (Å²) in [4.78, 5) is 20.5. The third kappa shape index (κ3) is 3.62. The van der Waals surface area contributed by atoms with Crippen molar-refractivity contribution in [2.45, 2.75) is 31.2 Å². The third-order valence-corrected chi connectivity index (χ3v) is 5.40. The number of fused-ring (bicyclic) bond motifs is 1. The van der Waals surface area contributed by atoms with Crippen molar-refractivity contribution >= 4 is 21.6 Å². The van der Waals surface area contributed by atoms with E-state index in [2.05, 4.69) is 15.3 Å². The molecule has 0 saturated heterocycles. The number of sulfonamides is 1. The second-order valence-electron chi connectivity index (χ2n) is 6.87. The van der Waals surface area contributed by atoms with Gasteiger partial charge in [0, 0.05) is 24.1 Å². The predicted octanol–water partition coefficient (Wildman–Crippen LogP) is 1.59. The van der Waals surface area contributed by atoms with Crippen LogP contribution in [0.2, 0.25) is 0 Å². The highest BCUT2D eigenvalue weighted by molar-refractivity contribution is 7.92. The van der Waals surface area contributed by atoms with E-state index in [-0.39, 0.29) is 41.1 Å². The van der Waals surface area contributed by atoms with Crippen LogP contribution in [0.25, 0.3) is 0 Å². The summed E-state index contributed by atoms with van der Waals surface area (Å²) in [6.45, 7) is 5.88. The fourth-order valence-corrected chi connectivity index (χ4v) is 3.89. The zero-order chi connectivity index (χ0) is 18.9. The monoisotopic (exact) mass is 376 g/mol. The summed E-state index contributed by atoms with van der Waals surface area (Å²) in [5.74, 6) is -0.159. The number of aromatic nitrogens is 2. The van der Waals surface area contributed by atoms with E-state index in [1.807, 2.05) is 20.8 Å². The van der Waals surface area contributed by atoms with Crippen molar-refractivity contribution in [3.05, 3.63) is 42.4 Å². The van der Waals surface area contributed by atoms with Crippen LogP contribution in [0.3, 0.4) is 0 Å². The number of hydrogen-bond acceptors (Lipinski definition) is 6. The van der Waals surface area contributed by atoms with Crippen molar-refractivity contribution in [2.75, 3.05) is 17.5 Å². The first-order valence-corrected chi connectivity index (χ1v) is 9.51. The van der Waals surface area contributed by atoms with Crippen molar-refractivity contribution in [2.24, 2.45) is 0 Å². The van der Waals surface area contributed by atoms with Gasteiger partial charge < -0.3 is 10.1 Å². The van der Waals surface area contributed by atoms with Crippen molar-refractivity contribution < 1.29 is 17.9 Å². The van der Waals surface area contributed by atoms with Crippen LogP contribution >= 0.6 is 0 Å². The first kappa shape index (κ1) is 18.1. The van der Waals surface area contributed by atoms with Crippen molar-refractivity contribution in [1.82, 2.24) is 15.3 Å².